The Labute approximate surface area is 117 Å². The second-order valence-corrected chi connectivity index (χ2v) is 4.72. The first-order valence-corrected chi connectivity index (χ1v) is 6.42. The average Bonchev–Trinajstić information content (AvgIpc) is 2.49. The summed E-state index contributed by atoms with van der Waals surface area (Å²) >= 11 is 0. The monoisotopic (exact) mass is 262 g/mol. The van der Waals surface area contributed by atoms with Gasteiger partial charge in [0.2, 0.25) is 0 Å². The molecule has 0 unspecified atom stereocenters. The maximum atomic E-state index is 12.8. The van der Waals surface area contributed by atoms with Gasteiger partial charge in [0.05, 0.1) is 5.52 Å². The van der Waals surface area contributed by atoms with E-state index in [1.54, 1.807) is 18.3 Å². The van der Waals surface area contributed by atoms with Gasteiger partial charge in [0, 0.05) is 28.4 Å². The number of nitrogens with two attached hydrogens (primary N) is 1. The molecule has 0 saturated heterocycles. The van der Waals surface area contributed by atoms with Gasteiger partial charge < -0.3 is 5.73 Å². The number of hydrogen-bond acceptors (Lipinski definition) is 3. The van der Waals surface area contributed by atoms with Crippen LogP contribution in [0.15, 0.2) is 54.7 Å². The van der Waals surface area contributed by atoms with Crippen LogP contribution in [0.1, 0.15) is 21.5 Å². The lowest BCUT2D eigenvalue weighted by molar-refractivity contribution is 0.104. The van der Waals surface area contributed by atoms with E-state index in [9.17, 15) is 4.79 Å². The van der Waals surface area contributed by atoms with E-state index >= 15 is 0 Å². The Morgan fingerprint density at radius 1 is 1.00 bits per heavy atom. The summed E-state index contributed by atoms with van der Waals surface area (Å²) in [6.45, 7) is 1.87. The predicted octanol–water partition coefficient (Wildman–Crippen LogP) is 3.36. The highest BCUT2D eigenvalue weighted by Gasteiger charge is 2.15. The standard InChI is InChI=1S/C17H14N2O/c1-11-12(5-2-8-15(11)18)17(20)14-6-3-9-16-13(14)7-4-10-19-16/h2-10H,18H2,1H3. The second kappa shape index (κ2) is 4.78. The van der Waals surface area contributed by atoms with Crippen LogP contribution in [0.2, 0.25) is 0 Å². The van der Waals surface area contributed by atoms with Gasteiger partial charge in [-0.25, -0.2) is 0 Å². The summed E-state index contributed by atoms with van der Waals surface area (Å²) < 4.78 is 0. The first kappa shape index (κ1) is 12.4. The Morgan fingerprint density at radius 2 is 1.75 bits per heavy atom. The molecule has 0 aliphatic heterocycles. The van der Waals surface area contributed by atoms with Crippen molar-refractivity contribution in [2.75, 3.05) is 5.73 Å². The van der Waals surface area contributed by atoms with E-state index in [0.29, 0.717) is 16.8 Å². The number of fused-ring (bicyclic) bond motifs is 1. The van der Waals surface area contributed by atoms with E-state index in [4.69, 9.17) is 5.73 Å². The third-order valence-corrected chi connectivity index (χ3v) is 3.51. The molecule has 1 aromatic heterocycles. The van der Waals surface area contributed by atoms with Gasteiger partial charge in [-0.2, -0.15) is 0 Å². The minimum Gasteiger partial charge on any atom is -0.398 e. The Balaban J connectivity index is 2.21. The molecular formula is C17H14N2O. The highest BCUT2D eigenvalue weighted by atomic mass is 16.1. The van der Waals surface area contributed by atoms with Gasteiger partial charge in [-0.1, -0.05) is 30.3 Å². The van der Waals surface area contributed by atoms with Crippen molar-refractivity contribution in [1.82, 2.24) is 4.98 Å². The SMILES string of the molecule is Cc1c(N)cccc1C(=O)c1cccc2ncccc12. The fourth-order valence-corrected chi connectivity index (χ4v) is 2.35. The molecular weight excluding hydrogens is 248 g/mol. The molecule has 0 radical (unpaired) electrons. The predicted molar refractivity (Wildman–Crippen MR) is 80.8 cm³/mol. The van der Waals surface area contributed by atoms with Gasteiger partial charge in [-0.15, -0.1) is 0 Å². The lowest BCUT2D eigenvalue weighted by Crippen LogP contribution is -2.06. The molecule has 1 heterocycles. The highest BCUT2D eigenvalue weighted by molar-refractivity contribution is 6.16. The summed E-state index contributed by atoms with van der Waals surface area (Å²) in [6, 6.07) is 14.7. The summed E-state index contributed by atoms with van der Waals surface area (Å²) in [5.74, 6) is -0.0200. The molecule has 0 amide bonds. The molecule has 98 valence electrons. The van der Waals surface area contributed by atoms with Crippen LogP contribution < -0.4 is 5.73 Å². The molecule has 2 N–H and O–H groups in total. The van der Waals surface area contributed by atoms with Crippen LogP contribution in [-0.2, 0) is 0 Å². The van der Waals surface area contributed by atoms with Crippen molar-refractivity contribution >= 4 is 22.4 Å². The minimum absolute atomic E-state index is 0.0200. The minimum atomic E-state index is -0.0200. The van der Waals surface area contributed by atoms with E-state index in [1.807, 2.05) is 43.3 Å². The van der Waals surface area contributed by atoms with E-state index in [0.717, 1.165) is 16.5 Å². The van der Waals surface area contributed by atoms with Crippen molar-refractivity contribution in [2.45, 2.75) is 6.92 Å². The number of pyridine rings is 1. The number of benzene rings is 2. The van der Waals surface area contributed by atoms with Crippen LogP contribution in [0.25, 0.3) is 10.9 Å². The molecule has 2 aromatic carbocycles. The fraction of sp³-hybridized carbons (Fsp3) is 0.0588. The maximum absolute atomic E-state index is 12.8. The van der Waals surface area contributed by atoms with Crippen LogP contribution in [0.5, 0.6) is 0 Å². The number of nitrogen functional groups attached to an aromatic ring is 1. The number of carbonyl (C=O) groups excluding carboxylic acids is 1. The molecule has 3 rings (SSSR count). The van der Waals surface area contributed by atoms with Crippen molar-refractivity contribution in [1.29, 1.82) is 0 Å². The average molecular weight is 262 g/mol. The molecule has 0 fully saturated rings. The summed E-state index contributed by atoms with van der Waals surface area (Å²) in [5.41, 5.74) is 9.45. The summed E-state index contributed by atoms with van der Waals surface area (Å²) in [5, 5.41) is 0.863. The Hall–Kier alpha value is -2.68. The van der Waals surface area contributed by atoms with E-state index in [2.05, 4.69) is 4.98 Å². The van der Waals surface area contributed by atoms with Gasteiger partial charge >= 0.3 is 0 Å². The topological polar surface area (TPSA) is 56.0 Å². The molecule has 0 bridgehead atoms. The van der Waals surface area contributed by atoms with Crippen molar-refractivity contribution < 1.29 is 4.79 Å². The number of hydrogen-bond donors (Lipinski definition) is 1. The van der Waals surface area contributed by atoms with Crippen molar-refractivity contribution in [3.05, 3.63) is 71.4 Å². The smallest absolute Gasteiger partial charge is 0.194 e. The number of rotatable bonds is 2. The molecule has 0 aliphatic rings. The molecule has 3 heteroatoms. The third kappa shape index (κ3) is 1.93. The van der Waals surface area contributed by atoms with Gasteiger partial charge in [-0.05, 0) is 30.7 Å². The number of ketones is 1. The maximum Gasteiger partial charge on any atom is 0.194 e. The number of anilines is 1. The third-order valence-electron chi connectivity index (χ3n) is 3.51. The van der Waals surface area contributed by atoms with Crippen LogP contribution in [0, 0.1) is 6.92 Å². The molecule has 3 aromatic rings. The van der Waals surface area contributed by atoms with Crippen molar-refractivity contribution in [3.63, 3.8) is 0 Å². The van der Waals surface area contributed by atoms with Gasteiger partial charge in [0.15, 0.2) is 5.78 Å². The first-order chi connectivity index (χ1) is 9.68. The highest BCUT2D eigenvalue weighted by Crippen LogP contribution is 2.23. The van der Waals surface area contributed by atoms with E-state index in [-0.39, 0.29) is 5.78 Å². The number of nitrogens with zero attached hydrogens (tertiary/aromatic N) is 1. The summed E-state index contributed by atoms with van der Waals surface area (Å²) in [7, 11) is 0. The second-order valence-electron chi connectivity index (χ2n) is 4.72. The Morgan fingerprint density at radius 3 is 2.60 bits per heavy atom. The lowest BCUT2D eigenvalue weighted by atomic mass is 9.95. The van der Waals surface area contributed by atoms with Gasteiger partial charge in [0.1, 0.15) is 0 Å². The summed E-state index contributed by atoms with van der Waals surface area (Å²) in [6.07, 6.45) is 1.72. The Bertz CT molecular complexity index is 804. The zero-order chi connectivity index (χ0) is 14.1. The van der Waals surface area contributed by atoms with Crippen LogP contribution >= 0.6 is 0 Å². The first-order valence-electron chi connectivity index (χ1n) is 6.42. The summed E-state index contributed by atoms with van der Waals surface area (Å²) in [4.78, 5) is 17.0. The number of aromatic nitrogens is 1. The van der Waals surface area contributed by atoms with Crippen LogP contribution in [-0.4, -0.2) is 10.8 Å². The van der Waals surface area contributed by atoms with Crippen molar-refractivity contribution in [3.8, 4) is 0 Å². The quantitative estimate of drug-likeness (QED) is 0.569. The zero-order valence-electron chi connectivity index (χ0n) is 11.1. The molecule has 0 spiro atoms. The molecule has 0 aliphatic carbocycles. The van der Waals surface area contributed by atoms with Gasteiger partial charge in [-0.3, -0.25) is 9.78 Å². The van der Waals surface area contributed by atoms with Gasteiger partial charge in [0.25, 0.3) is 0 Å². The molecule has 3 nitrogen and oxygen atoms in total. The number of carbonyl (C=O) groups is 1. The van der Waals surface area contributed by atoms with Crippen LogP contribution in [0.3, 0.4) is 0 Å². The molecule has 20 heavy (non-hydrogen) atoms. The molecule has 0 atom stereocenters. The normalized spacial score (nSPS) is 10.7. The molecule has 0 saturated carbocycles. The Kier molecular flexibility index (Phi) is 2.95. The fourth-order valence-electron chi connectivity index (χ4n) is 2.35. The lowest BCUT2D eigenvalue weighted by Gasteiger charge is -2.09. The van der Waals surface area contributed by atoms with Crippen LogP contribution in [0.4, 0.5) is 5.69 Å². The zero-order valence-corrected chi connectivity index (χ0v) is 11.1. The van der Waals surface area contributed by atoms with E-state index < -0.39 is 0 Å². The van der Waals surface area contributed by atoms with E-state index in [1.165, 1.54) is 0 Å². The van der Waals surface area contributed by atoms with Crippen molar-refractivity contribution in [2.24, 2.45) is 0 Å². The largest absolute Gasteiger partial charge is 0.398 e.